The summed E-state index contributed by atoms with van der Waals surface area (Å²) in [5.74, 6) is 1.56. The molecule has 1 N–H and O–H groups in total. The van der Waals surface area contributed by atoms with E-state index in [-0.39, 0.29) is 18.9 Å². The van der Waals surface area contributed by atoms with E-state index in [1.165, 1.54) is 11.3 Å². The molecule has 2 aromatic heterocycles. The van der Waals surface area contributed by atoms with E-state index < -0.39 is 0 Å². The molecular weight excluding hydrogens is 436 g/mol. The Morgan fingerprint density at radius 3 is 2.79 bits per heavy atom. The molecule has 0 aliphatic carbocycles. The summed E-state index contributed by atoms with van der Waals surface area (Å²) < 4.78 is 18.7. The average molecular weight is 465 g/mol. The highest BCUT2D eigenvalue weighted by molar-refractivity contribution is 7.80. The standard InChI is InChI=1S/C25H28N4O3S/c1-16-13-19(17(2)29(16)18-8-9-21-22(14-18)32-15-31-21)24-23(20-7-4-5-10-26-20)27-25(33)28(24)11-6-12-30-3/h4-5,7-10,13-14,23-24H,6,11-12,15H2,1-3H3,(H,27,33)/t23-,24-/m1/s1. The summed E-state index contributed by atoms with van der Waals surface area (Å²) in [5.41, 5.74) is 5.57. The first-order valence-corrected chi connectivity index (χ1v) is 11.5. The first-order valence-electron chi connectivity index (χ1n) is 11.1. The topological polar surface area (TPSA) is 60.8 Å². The Kier molecular flexibility index (Phi) is 5.95. The molecule has 5 rings (SSSR count). The zero-order valence-corrected chi connectivity index (χ0v) is 19.9. The Morgan fingerprint density at radius 2 is 2.00 bits per heavy atom. The quantitative estimate of drug-likeness (QED) is 0.415. The molecule has 0 radical (unpaired) electrons. The summed E-state index contributed by atoms with van der Waals surface area (Å²) in [6, 6.07) is 14.3. The Morgan fingerprint density at radius 1 is 1.15 bits per heavy atom. The first kappa shape index (κ1) is 21.7. The molecule has 0 spiro atoms. The van der Waals surface area contributed by atoms with Crippen LogP contribution in [0.4, 0.5) is 0 Å². The Bertz CT molecular complexity index is 1160. The number of pyridine rings is 1. The number of hydrogen-bond acceptors (Lipinski definition) is 5. The second kappa shape index (κ2) is 9.03. The van der Waals surface area contributed by atoms with E-state index in [1.807, 2.05) is 30.5 Å². The number of benzene rings is 1. The van der Waals surface area contributed by atoms with Crippen LogP contribution in [-0.2, 0) is 4.74 Å². The maximum atomic E-state index is 5.78. The highest BCUT2D eigenvalue weighted by Gasteiger charge is 2.41. The summed E-state index contributed by atoms with van der Waals surface area (Å²) >= 11 is 5.78. The molecule has 172 valence electrons. The third kappa shape index (κ3) is 3.94. The van der Waals surface area contributed by atoms with Gasteiger partial charge >= 0.3 is 0 Å². The van der Waals surface area contributed by atoms with E-state index in [0.29, 0.717) is 6.61 Å². The molecule has 1 saturated heterocycles. The summed E-state index contributed by atoms with van der Waals surface area (Å²) in [5, 5.41) is 4.28. The minimum atomic E-state index is -0.0352. The SMILES string of the molecule is COCCCN1C(=S)N[C@H](c2ccccn2)[C@H]1c1cc(C)n(-c2ccc3c(c2)OCO3)c1C. The fourth-order valence-electron chi connectivity index (χ4n) is 4.87. The van der Waals surface area contributed by atoms with E-state index in [1.54, 1.807) is 7.11 Å². The van der Waals surface area contributed by atoms with Gasteiger partial charge in [-0.1, -0.05) is 6.07 Å². The summed E-state index contributed by atoms with van der Waals surface area (Å²) in [6.45, 7) is 6.06. The Hall–Kier alpha value is -3.10. The zero-order valence-electron chi connectivity index (χ0n) is 19.1. The molecule has 2 atom stereocenters. The second-order valence-corrected chi connectivity index (χ2v) is 8.75. The molecule has 1 aromatic carbocycles. The van der Waals surface area contributed by atoms with Crippen LogP contribution in [0.5, 0.6) is 11.5 Å². The van der Waals surface area contributed by atoms with Gasteiger partial charge in [-0.3, -0.25) is 4.98 Å². The van der Waals surface area contributed by atoms with Gasteiger partial charge in [0.25, 0.3) is 0 Å². The van der Waals surface area contributed by atoms with Crippen molar-refractivity contribution in [3.8, 4) is 17.2 Å². The van der Waals surface area contributed by atoms with E-state index >= 15 is 0 Å². The van der Waals surface area contributed by atoms with Crippen molar-refractivity contribution < 1.29 is 14.2 Å². The van der Waals surface area contributed by atoms with Crippen LogP contribution >= 0.6 is 12.2 Å². The number of nitrogens with zero attached hydrogens (tertiary/aromatic N) is 3. The Balaban J connectivity index is 1.57. The summed E-state index contributed by atoms with van der Waals surface area (Å²) in [4.78, 5) is 6.92. The van der Waals surface area contributed by atoms with Gasteiger partial charge in [0.05, 0.1) is 17.8 Å². The maximum absolute atomic E-state index is 5.78. The molecule has 0 amide bonds. The number of aryl methyl sites for hydroxylation is 1. The molecule has 0 unspecified atom stereocenters. The lowest BCUT2D eigenvalue weighted by Crippen LogP contribution is -2.31. The summed E-state index contributed by atoms with van der Waals surface area (Å²) in [7, 11) is 1.73. The monoisotopic (exact) mass is 464 g/mol. The molecule has 0 bridgehead atoms. The lowest BCUT2D eigenvalue weighted by molar-refractivity contribution is 0.174. The van der Waals surface area contributed by atoms with Crippen LogP contribution in [0.25, 0.3) is 5.69 Å². The largest absolute Gasteiger partial charge is 0.454 e. The number of rotatable bonds is 7. The van der Waals surface area contributed by atoms with Crippen LogP contribution in [0, 0.1) is 13.8 Å². The lowest BCUT2D eigenvalue weighted by atomic mass is 9.96. The normalized spacial score (nSPS) is 19.2. The average Bonchev–Trinajstić information content (AvgIpc) is 3.50. The van der Waals surface area contributed by atoms with E-state index in [4.69, 9.17) is 26.4 Å². The van der Waals surface area contributed by atoms with Gasteiger partial charge in [-0.15, -0.1) is 0 Å². The smallest absolute Gasteiger partial charge is 0.231 e. The van der Waals surface area contributed by atoms with Crippen molar-refractivity contribution in [1.29, 1.82) is 0 Å². The predicted octanol–water partition coefficient (Wildman–Crippen LogP) is 4.23. The molecule has 2 aliphatic heterocycles. The molecule has 1 fully saturated rings. The molecule has 2 aliphatic rings. The van der Waals surface area contributed by atoms with Gasteiger partial charge in [0.15, 0.2) is 16.6 Å². The van der Waals surface area contributed by atoms with Gasteiger partial charge in [0.1, 0.15) is 0 Å². The van der Waals surface area contributed by atoms with Gasteiger partial charge in [-0.2, -0.15) is 0 Å². The van der Waals surface area contributed by atoms with Gasteiger partial charge in [0, 0.05) is 49.6 Å². The van der Waals surface area contributed by atoms with Crippen molar-refractivity contribution in [3.63, 3.8) is 0 Å². The number of hydrogen-bond donors (Lipinski definition) is 1. The van der Waals surface area contributed by atoms with Crippen LogP contribution in [-0.4, -0.2) is 46.6 Å². The molecule has 0 saturated carbocycles. The summed E-state index contributed by atoms with van der Waals surface area (Å²) in [6.07, 6.45) is 2.73. The zero-order chi connectivity index (χ0) is 22.9. The fourth-order valence-corrected chi connectivity index (χ4v) is 5.20. The molecule has 7 nitrogen and oxygen atoms in total. The van der Waals surface area contributed by atoms with Crippen molar-refractivity contribution in [3.05, 3.63) is 71.3 Å². The molecule has 8 heteroatoms. The molecular formula is C25H28N4O3S. The number of ether oxygens (including phenoxy) is 3. The predicted molar refractivity (Wildman–Crippen MR) is 130 cm³/mol. The highest BCUT2D eigenvalue weighted by atomic mass is 32.1. The van der Waals surface area contributed by atoms with Gasteiger partial charge in [-0.05, 0) is 68.4 Å². The minimum absolute atomic E-state index is 0.0261. The number of fused-ring (bicyclic) bond motifs is 1. The van der Waals surface area contributed by atoms with Crippen LogP contribution in [0.3, 0.4) is 0 Å². The fraction of sp³-hybridized carbons (Fsp3) is 0.360. The van der Waals surface area contributed by atoms with E-state index in [9.17, 15) is 0 Å². The lowest BCUT2D eigenvalue weighted by Gasteiger charge is -2.28. The highest BCUT2D eigenvalue weighted by Crippen LogP contribution is 2.42. The number of thiocarbonyl (C=S) groups is 1. The van der Waals surface area contributed by atoms with Gasteiger partial charge < -0.3 is 29.0 Å². The molecule has 3 aromatic rings. The first-order chi connectivity index (χ1) is 16.1. The third-order valence-corrected chi connectivity index (χ3v) is 6.70. The van der Waals surface area contributed by atoms with E-state index in [0.717, 1.165) is 46.7 Å². The van der Waals surface area contributed by atoms with Crippen LogP contribution < -0.4 is 14.8 Å². The van der Waals surface area contributed by atoms with Crippen LogP contribution in [0.2, 0.25) is 0 Å². The second-order valence-electron chi connectivity index (χ2n) is 8.37. The van der Waals surface area contributed by atoms with Crippen LogP contribution in [0.15, 0.2) is 48.7 Å². The minimum Gasteiger partial charge on any atom is -0.454 e. The van der Waals surface area contributed by atoms with Crippen molar-refractivity contribution in [2.24, 2.45) is 0 Å². The van der Waals surface area contributed by atoms with E-state index in [2.05, 4.69) is 51.8 Å². The van der Waals surface area contributed by atoms with Gasteiger partial charge in [0.2, 0.25) is 6.79 Å². The van der Waals surface area contributed by atoms with Crippen LogP contribution in [0.1, 0.15) is 41.1 Å². The van der Waals surface area contributed by atoms with Crippen molar-refractivity contribution in [2.45, 2.75) is 32.4 Å². The molecule has 33 heavy (non-hydrogen) atoms. The number of nitrogens with one attached hydrogen (secondary N) is 1. The van der Waals surface area contributed by atoms with Gasteiger partial charge in [-0.25, -0.2) is 0 Å². The Labute approximate surface area is 199 Å². The van der Waals surface area contributed by atoms with Crippen molar-refractivity contribution in [1.82, 2.24) is 19.8 Å². The number of methoxy groups -OCH3 is 1. The molecule has 4 heterocycles. The maximum Gasteiger partial charge on any atom is 0.231 e. The van der Waals surface area contributed by atoms with Crippen molar-refractivity contribution >= 4 is 17.3 Å². The number of aromatic nitrogens is 2. The van der Waals surface area contributed by atoms with Crippen molar-refractivity contribution in [2.75, 3.05) is 27.1 Å². The third-order valence-electron chi connectivity index (χ3n) is 6.35.